The number of anilines is 1. The molecule has 9 nitrogen and oxygen atoms in total. The third-order valence-corrected chi connectivity index (χ3v) is 7.26. The minimum atomic E-state index is -0.168. The standard InChI is InChI=1S/C25H28N8OS/c1-6-31-17(4)19(12-27-31)13-32-18(5)24(16(3)30-32)28-22(34)14-33-25-23(15(2)29-33)20(9-10-26-25)21-8-7-11-35-21/h7-12H,6,13-14H2,1-5H3,(H,28,34). The maximum Gasteiger partial charge on any atom is 0.246 e. The molecule has 0 fully saturated rings. The minimum Gasteiger partial charge on any atom is -0.321 e. The minimum absolute atomic E-state index is 0.0671. The summed E-state index contributed by atoms with van der Waals surface area (Å²) >= 11 is 1.68. The number of nitrogens with zero attached hydrogens (tertiary/aromatic N) is 7. The third-order valence-electron chi connectivity index (χ3n) is 6.36. The van der Waals surface area contributed by atoms with Gasteiger partial charge in [-0.05, 0) is 52.1 Å². The highest BCUT2D eigenvalue weighted by Gasteiger charge is 2.19. The first-order valence-corrected chi connectivity index (χ1v) is 12.5. The number of aromatic nitrogens is 7. The van der Waals surface area contributed by atoms with Crippen LogP contribution in [0.5, 0.6) is 0 Å². The van der Waals surface area contributed by atoms with Crippen molar-refractivity contribution in [1.82, 2.24) is 34.3 Å². The molecule has 35 heavy (non-hydrogen) atoms. The first kappa shape index (κ1) is 23.0. The van der Waals surface area contributed by atoms with E-state index in [1.165, 1.54) is 0 Å². The van der Waals surface area contributed by atoms with E-state index in [0.717, 1.165) is 56.4 Å². The second-order valence-electron chi connectivity index (χ2n) is 8.60. The molecule has 1 N–H and O–H groups in total. The zero-order valence-corrected chi connectivity index (χ0v) is 21.3. The van der Waals surface area contributed by atoms with Gasteiger partial charge in [0.1, 0.15) is 6.54 Å². The number of thiophene rings is 1. The summed E-state index contributed by atoms with van der Waals surface area (Å²) in [6, 6.07) is 6.11. The lowest BCUT2D eigenvalue weighted by molar-refractivity contribution is -0.116. The summed E-state index contributed by atoms with van der Waals surface area (Å²) in [5.74, 6) is -0.168. The summed E-state index contributed by atoms with van der Waals surface area (Å²) in [6.07, 6.45) is 3.66. The molecule has 0 spiro atoms. The van der Waals surface area contributed by atoms with Gasteiger partial charge in [0.25, 0.3) is 0 Å². The third kappa shape index (κ3) is 4.14. The van der Waals surface area contributed by atoms with E-state index >= 15 is 0 Å². The van der Waals surface area contributed by atoms with Crippen LogP contribution in [0.1, 0.15) is 35.3 Å². The maximum absolute atomic E-state index is 13.1. The first-order valence-electron chi connectivity index (χ1n) is 11.6. The topological polar surface area (TPSA) is 95.5 Å². The van der Waals surface area contributed by atoms with Crippen LogP contribution in [-0.2, 0) is 24.4 Å². The van der Waals surface area contributed by atoms with Gasteiger partial charge in [0.05, 0.1) is 40.9 Å². The molecule has 180 valence electrons. The Morgan fingerprint density at radius 1 is 1.03 bits per heavy atom. The monoisotopic (exact) mass is 488 g/mol. The van der Waals surface area contributed by atoms with Gasteiger partial charge in [-0.15, -0.1) is 11.3 Å². The lowest BCUT2D eigenvalue weighted by Gasteiger charge is -2.08. The average molecular weight is 489 g/mol. The van der Waals surface area contributed by atoms with Gasteiger partial charge in [-0.3, -0.25) is 14.2 Å². The van der Waals surface area contributed by atoms with Gasteiger partial charge >= 0.3 is 0 Å². The zero-order chi connectivity index (χ0) is 24.7. The number of fused-ring (bicyclic) bond motifs is 1. The fraction of sp³-hybridized carbons (Fsp3) is 0.320. The zero-order valence-electron chi connectivity index (χ0n) is 20.5. The van der Waals surface area contributed by atoms with Crippen molar-refractivity contribution < 1.29 is 4.79 Å². The quantitative estimate of drug-likeness (QED) is 0.364. The van der Waals surface area contributed by atoms with Crippen molar-refractivity contribution in [2.45, 2.75) is 54.3 Å². The van der Waals surface area contributed by atoms with Crippen LogP contribution in [0.15, 0.2) is 36.0 Å². The van der Waals surface area contributed by atoms with E-state index in [4.69, 9.17) is 0 Å². The molecule has 0 aromatic carbocycles. The van der Waals surface area contributed by atoms with Crippen LogP contribution in [0.2, 0.25) is 0 Å². The van der Waals surface area contributed by atoms with Gasteiger partial charge in [-0.25, -0.2) is 9.67 Å². The lowest BCUT2D eigenvalue weighted by Crippen LogP contribution is -2.20. The van der Waals surface area contributed by atoms with Crippen molar-refractivity contribution in [2.24, 2.45) is 0 Å². The molecule has 0 bridgehead atoms. The van der Waals surface area contributed by atoms with Crippen molar-refractivity contribution >= 4 is 34.0 Å². The Morgan fingerprint density at radius 2 is 1.83 bits per heavy atom. The van der Waals surface area contributed by atoms with Crippen molar-refractivity contribution in [2.75, 3.05) is 5.32 Å². The number of carbonyl (C=O) groups is 1. The SMILES string of the molecule is CCn1ncc(Cn2nc(C)c(NC(=O)Cn3nc(C)c4c(-c5cccs5)ccnc43)c2C)c1C. The van der Waals surface area contributed by atoms with Crippen LogP contribution in [-0.4, -0.2) is 40.2 Å². The van der Waals surface area contributed by atoms with E-state index in [2.05, 4.69) is 50.9 Å². The van der Waals surface area contributed by atoms with E-state index in [1.807, 2.05) is 48.5 Å². The number of hydrogen-bond acceptors (Lipinski definition) is 6. The van der Waals surface area contributed by atoms with Gasteiger partial charge in [0.15, 0.2) is 5.65 Å². The van der Waals surface area contributed by atoms with E-state index < -0.39 is 0 Å². The molecule has 0 aliphatic rings. The Kier molecular flexibility index (Phi) is 5.98. The molecule has 5 aromatic rings. The summed E-state index contributed by atoms with van der Waals surface area (Å²) in [6.45, 7) is 11.5. The van der Waals surface area contributed by atoms with Crippen molar-refractivity contribution in [3.63, 3.8) is 0 Å². The highest BCUT2D eigenvalue weighted by atomic mass is 32.1. The van der Waals surface area contributed by atoms with Crippen LogP contribution >= 0.6 is 11.3 Å². The highest BCUT2D eigenvalue weighted by Crippen LogP contribution is 2.32. The predicted molar refractivity (Wildman–Crippen MR) is 138 cm³/mol. The highest BCUT2D eigenvalue weighted by molar-refractivity contribution is 7.13. The Labute approximate surface area is 207 Å². The van der Waals surface area contributed by atoms with Crippen LogP contribution in [0.4, 0.5) is 5.69 Å². The predicted octanol–water partition coefficient (Wildman–Crippen LogP) is 4.49. The molecule has 5 aromatic heterocycles. The summed E-state index contributed by atoms with van der Waals surface area (Å²) in [4.78, 5) is 18.8. The Balaban J connectivity index is 1.37. The molecule has 1 amide bonds. The molecule has 0 saturated heterocycles. The summed E-state index contributed by atoms with van der Waals surface area (Å²) in [5, 5.41) is 19.8. The van der Waals surface area contributed by atoms with E-state index in [0.29, 0.717) is 12.2 Å². The summed E-state index contributed by atoms with van der Waals surface area (Å²) < 4.78 is 5.56. The molecule has 0 radical (unpaired) electrons. The molecule has 0 aliphatic carbocycles. The van der Waals surface area contributed by atoms with E-state index in [-0.39, 0.29) is 12.5 Å². The molecule has 5 heterocycles. The number of aryl methyl sites for hydroxylation is 3. The Hall–Kier alpha value is -3.79. The molecule has 5 rings (SSSR count). The molecular weight excluding hydrogens is 460 g/mol. The molecular formula is C25H28N8OS. The van der Waals surface area contributed by atoms with Gasteiger partial charge in [0, 0.05) is 34.4 Å². The molecule has 0 aliphatic heterocycles. The van der Waals surface area contributed by atoms with Crippen LogP contribution < -0.4 is 5.32 Å². The summed E-state index contributed by atoms with van der Waals surface area (Å²) in [5.41, 5.74) is 7.29. The number of hydrogen-bond donors (Lipinski definition) is 1. The normalized spacial score (nSPS) is 11.5. The van der Waals surface area contributed by atoms with Gasteiger partial charge in [-0.2, -0.15) is 15.3 Å². The first-order chi connectivity index (χ1) is 16.9. The smallest absolute Gasteiger partial charge is 0.246 e. The summed E-state index contributed by atoms with van der Waals surface area (Å²) in [7, 11) is 0. The fourth-order valence-corrected chi connectivity index (χ4v) is 5.25. The van der Waals surface area contributed by atoms with Gasteiger partial charge < -0.3 is 5.32 Å². The molecule has 0 saturated carbocycles. The Bertz CT molecular complexity index is 1520. The number of nitrogens with one attached hydrogen (secondary N) is 1. The molecule has 0 unspecified atom stereocenters. The van der Waals surface area contributed by atoms with E-state index in [1.54, 1.807) is 22.2 Å². The van der Waals surface area contributed by atoms with Crippen molar-refractivity contribution in [3.05, 3.63) is 64.3 Å². The number of carbonyl (C=O) groups excluding carboxylic acids is 1. The van der Waals surface area contributed by atoms with Crippen LogP contribution in [0.25, 0.3) is 21.5 Å². The Morgan fingerprint density at radius 3 is 2.54 bits per heavy atom. The largest absolute Gasteiger partial charge is 0.321 e. The van der Waals surface area contributed by atoms with Gasteiger partial charge in [-0.1, -0.05) is 6.07 Å². The lowest BCUT2D eigenvalue weighted by atomic mass is 10.1. The van der Waals surface area contributed by atoms with Gasteiger partial charge in [0.2, 0.25) is 5.91 Å². The number of amides is 1. The van der Waals surface area contributed by atoms with Crippen LogP contribution in [0.3, 0.4) is 0 Å². The number of pyridine rings is 1. The average Bonchev–Trinajstić information content (AvgIpc) is 3.61. The molecule has 0 atom stereocenters. The van der Waals surface area contributed by atoms with Crippen molar-refractivity contribution in [3.8, 4) is 10.4 Å². The van der Waals surface area contributed by atoms with Crippen molar-refractivity contribution in [1.29, 1.82) is 0 Å². The maximum atomic E-state index is 13.1. The molecule has 10 heteroatoms. The number of rotatable bonds is 7. The van der Waals surface area contributed by atoms with E-state index in [9.17, 15) is 4.79 Å². The van der Waals surface area contributed by atoms with Crippen LogP contribution in [0, 0.1) is 27.7 Å². The second kappa shape index (κ2) is 9.10. The fourth-order valence-electron chi connectivity index (χ4n) is 4.50. The second-order valence-corrected chi connectivity index (χ2v) is 9.55.